The molecule has 0 aromatic rings. The molecule has 19 heavy (non-hydrogen) atoms. The minimum Gasteiger partial charge on any atom is -0.448 e. The summed E-state index contributed by atoms with van der Waals surface area (Å²) in [6, 6.07) is 0. The average molecular weight is 360 g/mol. The van der Waals surface area contributed by atoms with Crippen LogP contribution in [-0.2, 0) is 4.74 Å². The number of ether oxygens (including phenoxy) is 1. The van der Waals surface area contributed by atoms with Crippen molar-refractivity contribution in [3.63, 3.8) is 0 Å². The van der Waals surface area contributed by atoms with Gasteiger partial charge in [0, 0.05) is 44.4 Å². The van der Waals surface area contributed by atoms with Crippen molar-refractivity contribution in [3.8, 4) is 0 Å². The molecule has 1 rings (SSSR count). The van der Waals surface area contributed by atoms with Crippen molar-refractivity contribution in [2.75, 3.05) is 57.5 Å². The summed E-state index contributed by atoms with van der Waals surface area (Å²) in [5.41, 5.74) is 0. The van der Waals surface area contributed by atoms with Gasteiger partial charge in [-0.05, 0) is 0 Å². The molecule has 1 aliphatic heterocycles. The lowest BCUT2D eigenvalue weighted by Crippen LogP contribution is -2.26. The van der Waals surface area contributed by atoms with Crippen LogP contribution in [0.4, 0.5) is 4.79 Å². The number of hydrogen-bond acceptors (Lipinski definition) is 4. The Kier molecular flexibility index (Phi) is 26.5. The molecule has 0 saturated carbocycles. The van der Waals surface area contributed by atoms with Gasteiger partial charge in [0.05, 0.1) is 6.54 Å². The van der Waals surface area contributed by atoms with Crippen LogP contribution in [0.25, 0.3) is 0 Å². The molecule has 0 bridgehead atoms. The van der Waals surface area contributed by atoms with Gasteiger partial charge >= 0.3 is 6.09 Å². The van der Waals surface area contributed by atoms with E-state index in [2.05, 4.69) is 10.1 Å². The molecule has 1 heterocycles. The van der Waals surface area contributed by atoms with Crippen molar-refractivity contribution in [2.45, 2.75) is 0 Å². The first-order valence-electron chi connectivity index (χ1n) is 5.51. The molecule has 2 N–H and O–H groups in total. The molecule has 5 nitrogen and oxygen atoms in total. The maximum atomic E-state index is 10.6. The maximum absolute atomic E-state index is 10.6. The van der Waals surface area contributed by atoms with Crippen molar-refractivity contribution in [1.82, 2.24) is 10.2 Å². The van der Waals surface area contributed by atoms with Gasteiger partial charge in [-0.3, -0.25) is 0 Å². The summed E-state index contributed by atoms with van der Waals surface area (Å²) < 4.78 is 4.65. The molecule has 1 aliphatic rings. The summed E-state index contributed by atoms with van der Waals surface area (Å²) in [4.78, 5) is 12.2. The second-order valence-corrected chi connectivity index (χ2v) is 4.05. The van der Waals surface area contributed by atoms with Gasteiger partial charge in [0.15, 0.2) is 0 Å². The van der Waals surface area contributed by atoms with Crippen molar-refractivity contribution in [3.05, 3.63) is 0 Å². The molecule has 0 spiro atoms. The first-order valence-corrected chi connectivity index (χ1v) is 7.11. The Morgan fingerprint density at radius 1 is 1.21 bits per heavy atom. The first-order chi connectivity index (χ1) is 8.76. The second kappa shape index (κ2) is 20.7. The van der Waals surface area contributed by atoms with Crippen molar-refractivity contribution >= 4 is 53.3 Å². The van der Waals surface area contributed by atoms with Crippen LogP contribution in [0.5, 0.6) is 0 Å². The third-order valence-electron chi connectivity index (χ3n) is 1.74. The zero-order valence-corrected chi connectivity index (χ0v) is 14.0. The molecule has 1 amide bonds. The van der Waals surface area contributed by atoms with Crippen LogP contribution in [0.3, 0.4) is 0 Å². The molecular weight excluding hydrogens is 338 g/mol. The summed E-state index contributed by atoms with van der Waals surface area (Å²) in [5.74, 6) is 1.81. The number of nitrogens with zero attached hydrogens (tertiary/aromatic N) is 1. The summed E-state index contributed by atoms with van der Waals surface area (Å²) in [7, 11) is 1.00. The van der Waals surface area contributed by atoms with E-state index in [1.807, 2.05) is 0 Å². The number of aliphatic hydroxyl groups excluding tert-OH is 1. The fourth-order valence-electron chi connectivity index (χ4n) is 0.989. The highest BCUT2D eigenvalue weighted by molar-refractivity contribution is 6.18. The maximum Gasteiger partial charge on any atom is 0.409 e. The zero-order valence-electron chi connectivity index (χ0n) is 10.9. The van der Waals surface area contributed by atoms with Crippen molar-refractivity contribution in [2.24, 2.45) is 0 Å². The third-order valence-corrected chi connectivity index (χ3v) is 2.29. The molecule has 1 fully saturated rings. The number of amides is 1. The van der Waals surface area contributed by atoms with Gasteiger partial charge in [-0.2, -0.15) is 0 Å². The summed E-state index contributed by atoms with van der Waals surface area (Å²) in [6.45, 7) is 3.50. The van der Waals surface area contributed by atoms with Gasteiger partial charge in [-0.25, -0.2) is 4.79 Å². The Labute approximate surface area is 135 Å². The van der Waals surface area contributed by atoms with Crippen LogP contribution >= 0.6 is 47.2 Å². The topological polar surface area (TPSA) is 61.8 Å². The Morgan fingerprint density at radius 3 is 2.05 bits per heavy atom. The van der Waals surface area contributed by atoms with Crippen LogP contribution in [0.15, 0.2) is 0 Å². The standard InChI is InChI=1S/C5H8ClNO2.C4H9Cl2N.CH4O.ClH/c6-1-2-7-3-4-9-5(7)8;5-1-3-7-4-2-6;1-2;/h1-4H2;7H,1-4H2;2H,1H3;1H. The van der Waals surface area contributed by atoms with E-state index in [9.17, 15) is 4.79 Å². The Balaban J connectivity index is -0.000000233. The predicted octanol–water partition coefficient (Wildman–Crippen LogP) is 1.76. The van der Waals surface area contributed by atoms with E-state index in [0.29, 0.717) is 37.3 Å². The van der Waals surface area contributed by atoms with E-state index in [4.69, 9.17) is 39.9 Å². The SMILES string of the molecule is CO.Cl.ClCCNCCCl.O=C1OCCN1CCCl. The van der Waals surface area contributed by atoms with Gasteiger partial charge in [-0.15, -0.1) is 47.2 Å². The predicted molar refractivity (Wildman–Crippen MR) is 83.3 cm³/mol. The van der Waals surface area contributed by atoms with E-state index in [1.165, 1.54) is 0 Å². The van der Waals surface area contributed by atoms with E-state index >= 15 is 0 Å². The number of aliphatic hydroxyl groups is 1. The summed E-state index contributed by atoms with van der Waals surface area (Å²) >= 11 is 16.1. The van der Waals surface area contributed by atoms with Gasteiger partial charge in [0.25, 0.3) is 0 Å². The average Bonchev–Trinajstić information content (AvgIpc) is 2.80. The van der Waals surface area contributed by atoms with Gasteiger partial charge in [0.2, 0.25) is 0 Å². The lowest BCUT2D eigenvalue weighted by Gasteiger charge is -2.07. The quantitative estimate of drug-likeness (QED) is 0.560. The molecule has 0 aromatic heterocycles. The highest BCUT2D eigenvalue weighted by atomic mass is 35.5. The number of nitrogens with one attached hydrogen (secondary N) is 1. The lowest BCUT2D eigenvalue weighted by atomic mass is 10.6. The van der Waals surface area contributed by atoms with Crippen LogP contribution in [0.1, 0.15) is 0 Å². The molecule has 0 aliphatic carbocycles. The number of cyclic esters (lactones) is 1. The van der Waals surface area contributed by atoms with Crippen molar-refractivity contribution in [1.29, 1.82) is 0 Å². The smallest absolute Gasteiger partial charge is 0.409 e. The highest BCUT2D eigenvalue weighted by Crippen LogP contribution is 2.01. The molecule has 0 atom stereocenters. The Bertz CT molecular complexity index is 186. The molecule has 0 radical (unpaired) electrons. The third kappa shape index (κ3) is 16.3. The largest absolute Gasteiger partial charge is 0.448 e. The first kappa shape index (κ1) is 24.4. The monoisotopic (exact) mass is 358 g/mol. The molecule has 118 valence electrons. The minimum absolute atomic E-state index is 0. The summed E-state index contributed by atoms with van der Waals surface area (Å²) in [5, 5.41) is 10.0. The highest BCUT2D eigenvalue weighted by Gasteiger charge is 2.20. The van der Waals surface area contributed by atoms with E-state index in [0.717, 1.165) is 20.2 Å². The van der Waals surface area contributed by atoms with Gasteiger partial charge in [0.1, 0.15) is 6.61 Å². The van der Waals surface area contributed by atoms with E-state index in [-0.39, 0.29) is 18.5 Å². The molecular formula is C10H22Cl4N2O3. The lowest BCUT2D eigenvalue weighted by molar-refractivity contribution is 0.160. The summed E-state index contributed by atoms with van der Waals surface area (Å²) in [6.07, 6.45) is -0.240. The van der Waals surface area contributed by atoms with Crippen LogP contribution in [0.2, 0.25) is 0 Å². The van der Waals surface area contributed by atoms with E-state index < -0.39 is 0 Å². The van der Waals surface area contributed by atoms with Crippen LogP contribution < -0.4 is 5.32 Å². The molecule has 9 heteroatoms. The Morgan fingerprint density at radius 2 is 1.74 bits per heavy atom. The van der Waals surface area contributed by atoms with Gasteiger partial charge in [-0.1, -0.05) is 0 Å². The second-order valence-electron chi connectivity index (χ2n) is 2.92. The van der Waals surface area contributed by atoms with Crippen molar-refractivity contribution < 1.29 is 14.6 Å². The number of carbonyl (C=O) groups excluding carboxylic acids is 1. The van der Waals surface area contributed by atoms with E-state index in [1.54, 1.807) is 4.90 Å². The molecule has 0 aromatic carbocycles. The van der Waals surface area contributed by atoms with Crippen LogP contribution in [0, 0.1) is 0 Å². The number of hydrogen-bond donors (Lipinski definition) is 2. The van der Waals surface area contributed by atoms with Gasteiger partial charge < -0.3 is 20.1 Å². The molecule has 0 unspecified atom stereocenters. The number of rotatable bonds is 6. The fourth-order valence-corrected chi connectivity index (χ4v) is 1.46. The number of carbonyl (C=O) groups is 1. The number of alkyl halides is 3. The zero-order chi connectivity index (χ0) is 14.2. The Hall–Kier alpha value is 0.350. The van der Waals surface area contributed by atoms with Crippen LogP contribution in [-0.4, -0.2) is 73.6 Å². The fraction of sp³-hybridized carbons (Fsp3) is 0.900. The minimum atomic E-state index is -0.240. The number of halogens is 4. The molecule has 1 saturated heterocycles. The normalized spacial score (nSPS) is 12.5.